The number of nitrogens with zero attached hydrogens (tertiary/aromatic N) is 2. The van der Waals surface area contributed by atoms with Crippen LogP contribution < -0.4 is 4.90 Å². The minimum atomic E-state index is 1.07. The zero-order valence-corrected chi connectivity index (χ0v) is 39.5. The van der Waals surface area contributed by atoms with Gasteiger partial charge in [0.25, 0.3) is 0 Å². The Balaban J connectivity index is 1.03. The molecule has 0 aliphatic heterocycles. The first-order chi connectivity index (χ1) is 35.7. The van der Waals surface area contributed by atoms with E-state index in [-0.39, 0.29) is 0 Å². The van der Waals surface area contributed by atoms with Crippen LogP contribution in [0, 0.1) is 0 Å². The summed E-state index contributed by atoms with van der Waals surface area (Å²) in [5.41, 5.74) is 16.1. The topological polar surface area (TPSA) is 8.17 Å². The molecule has 336 valence electrons. The Morgan fingerprint density at radius 2 is 0.778 bits per heavy atom. The Morgan fingerprint density at radius 3 is 1.57 bits per heavy atom. The molecular weight excluding hydrogens is 869 g/mol. The van der Waals surface area contributed by atoms with Crippen molar-refractivity contribution in [1.82, 2.24) is 4.57 Å². The summed E-state index contributed by atoms with van der Waals surface area (Å²) in [7, 11) is 0. The highest BCUT2D eigenvalue weighted by molar-refractivity contribution is 6.14. The predicted molar refractivity (Wildman–Crippen MR) is 307 cm³/mol. The van der Waals surface area contributed by atoms with Gasteiger partial charge in [-0.3, -0.25) is 0 Å². The SMILES string of the molecule is c1ccc(-c2cc(-c3ccccc3N(c3cccc(-c4cccc5ccccc45)c3)c3ccc(-c4cccc5ccccc45)c4ccccc34)cc(-n3c4ccccc4c4cc5ccccc5cc43)c2)cc1. The Hall–Kier alpha value is -9.50. The van der Waals surface area contributed by atoms with E-state index in [1.165, 1.54) is 87.1 Å². The third kappa shape index (κ3) is 6.95. The molecule has 0 fully saturated rings. The predicted octanol–water partition coefficient (Wildman–Crippen LogP) is 19.5. The highest BCUT2D eigenvalue weighted by Crippen LogP contribution is 2.48. The molecule has 72 heavy (non-hydrogen) atoms. The minimum Gasteiger partial charge on any atom is -0.309 e. The summed E-state index contributed by atoms with van der Waals surface area (Å²) in [6.07, 6.45) is 0. The number of anilines is 3. The largest absolute Gasteiger partial charge is 0.309 e. The third-order valence-electron chi connectivity index (χ3n) is 14.7. The maximum absolute atomic E-state index is 2.50. The van der Waals surface area contributed by atoms with Gasteiger partial charge < -0.3 is 9.47 Å². The molecule has 0 amide bonds. The van der Waals surface area contributed by atoms with Gasteiger partial charge in [0.15, 0.2) is 0 Å². The van der Waals surface area contributed by atoms with Gasteiger partial charge in [0, 0.05) is 33.1 Å². The van der Waals surface area contributed by atoms with Crippen LogP contribution in [0.25, 0.3) is 115 Å². The zero-order valence-electron chi connectivity index (χ0n) is 39.5. The summed E-state index contributed by atoms with van der Waals surface area (Å²) in [6.45, 7) is 0. The van der Waals surface area contributed by atoms with Crippen LogP contribution in [0.5, 0.6) is 0 Å². The van der Waals surface area contributed by atoms with Crippen LogP contribution in [-0.4, -0.2) is 4.57 Å². The maximum atomic E-state index is 2.50. The minimum absolute atomic E-state index is 1.07. The van der Waals surface area contributed by atoms with Crippen molar-refractivity contribution >= 4 is 82.0 Å². The van der Waals surface area contributed by atoms with Crippen molar-refractivity contribution in [3.8, 4) is 50.2 Å². The van der Waals surface area contributed by atoms with Gasteiger partial charge >= 0.3 is 0 Å². The van der Waals surface area contributed by atoms with Crippen LogP contribution >= 0.6 is 0 Å². The Kier molecular flexibility index (Phi) is 9.89. The molecule has 0 unspecified atom stereocenters. The first-order valence-corrected chi connectivity index (χ1v) is 24.8. The van der Waals surface area contributed by atoms with E-state index in [0.29, 0.717) is 0 Å². The monoisotopic (exact) mass is 914 g/mol. The summed E-state index contributed by atoms with van der Waals surface area (Å²) in [5.74, 6) is 0. The lowest BCUT2D eigenvalue weighted by atomic mass is 9.92. The molecule has 0 aliphatic rings. The first kappa shape index (κ1) is 41.5. The molecule has 14 rings (SSSR count). The summed E-state index contributed by atoms with van der Waals surface area (Å²) >= 11 is 0. The molecule has 0 saturated carbocycles. The van der Waals surface area contributed by atoms with E-state index in [0.717, 1.165) is 45.0 Å². The number of fused-ring (bicyclic) bond motifs is 7. The van der Waals surface area contributed by atoms with Crippen LogP contribution in [-0.2, 0) is 0 Å². The molecule has 0 aliphatic carbocycles. The van der Waals surface area contributed by atoms with Crippen molar-refractivity contribution in [3.05, 3.63) is 279 Å². The molecule has 2 heteroatoms. The van der Waals surface area contributed by atoms with Crippen molar-refractivity contribution in [1.29, 1.82) is 0 Å². The molecule has 0 saturated heterocycles. The van der Waals surface area contributed by atoms with Gasteiger partial charge in [-0.15, -0.1) is 0 Å². The number of benzene rings is 13. The van der Waals surface area contributed by atoms with Crippen molar-refractivity contribution in [3.63, 3.8) is 0 Å². The standard InChI is InChI=1S/C70H46N2/c1-2-19-47(20-3-1)53-41-54(44-56(43-53)72-68-38-15-13-34-65(68)66-45-50-23-4-5-24-51(50)46-70(66)72)60-31-12-14-37-67(60)71(55-28-16-27-52(42-55)59-35-17-25-48-21-6-8-29-57(48)59)69-40-39-63(62-32-10-11-33-64(62)69)61-36-18-26-49-22-7-9-30-58(49)61/h1-46H. The third-order valence-corrected chi connectivity index (χ3v) is 14.7. The fraction of sp³-hybridized carbons (Fsp3) is 0. The molecule has 2 nitrogen and oxygen atoms in total. The molecule has 14 aromatic rings. The van der Waals surface area contributed by atoms with Gasteiger partial charge in [-0.2, -0.15) is 0 Å². The van der Waals surface area contributed by atoms with E-state index in [1.807, 2.05) is 0 Å². The average molecular weight is 915 g/mol. The molecule has 0 radical (unpaired) electrons. The summed E-state index contributed by atoms with van der Waals surface area (Å²) < 4.78 is 2.47. The van der Waals surface area contributed by atoms with Gasteiger partial charge in [-0.25, -0.2) is 0 Å². The van der Waals surface area contributed by atoms with Gasteiger partial charge in [0.1, 0.15) is 0 Å². The molecule has 1 aromatic heterocycles. The number of aromatic nitrogens is 1. The van der Waals surface area contributed by atoms with Crippen molar-refractivity contribution in [2.45, 2.75) is 0 Å². The summed E-state index contributed by atoms with van der Waals surface area (Å²) in [5, 5.41) is 12.2. The van der Waals surface area contributed by atoms with Crippen LogP contribution in [0.15, 0.2) is 279 Å². The Bertz CT molecular complexity index is 4400. The fourth-order valence-corrected chi connectivity index (χ4v) is 11.4. The highest BCUT2D eigenvalue weighted by atomic mass is 15.1. The van der Waals surface area contributed by atoms with E-state index in [9.17, 15) is 0 Å². The van der Waals surface area contributed by atoms with E-state index >= 15 is 0 Å². The number of hydrogen-bond acceptors (Lipinski definition) is 1. The van der Waals surface area contributed by atoms with E-state index in [2.05, 4.69) is 289 Å². The lowest BCUT2D eigenvalue weighted by molar-refractivity contribution is 1.18. The number of rotatable bonds is 8. The molecule has 1 heterocycles. The lowest BCUT2D eigenvalue weighted by Gasteiger charge is -2.30. The summed E-state index contributed by atoms with van der Waals surface area (Å²) in [6, 6.07) is 103. The molecule has 13 aromatic carbocycles. The average Bonchev–Trinajstić information content (AvgIpc) is 3.77. The van der Waals surface area contributed by atoms with Crippen molar-refractivity contribution in [2.24, 2.45) is 0 Å². The first-order valence-electron chi connectivity index (χ1n) is 24.8. The van der Waals surface area contributed by atoms with Gasteiger partial charge in [0.2, 0.25) is 0 Å². The highest BCUT2D eigenvalue weighted by Gasteiger charge is 2.23. The molecule has 0 N–H and O–H groups in total. The van der Waals surface area contributed by atoms with Crippen molar-refractivity contribution in [2.75, 3.05) is 4.90 Å². The lowest BCUT2D eigenvalue weighted by Crippen LogP contribution is -2.12. The quantitative estimate of drug-likeness (QED) is 0.147. The van der Waals surface area contributed by atoms with Gasteiger partial charge in [-0.1, -0.05) is 218 Å². The van der Waals surface area contributed by atoms with E-state index in [1.54, 1.807) is 0 Å². The number of hydrogen-bond donors (Lipinski definition) is 0. The van der Waals surface area contributed by atoms with Crippen LogP contribution in [0.4, 0.5) is 17.1 Å². The molecule has 0 atom stereocenters. The second kappa shape index (κ2) is 17.2. The molecular formula is C70H46N2. The fourth-order valence-electron chi connectivity index (χ4n) is 11.4. The smallest absolute Gasteiger partial charge is 0.0547 e. The van der Waals surface area contributed by atoms with Crippen LogP contribution in [0.1, 0.15) is 0 Å². The Morgan fingerprint density at radius 1 is 0.236 bits per heavy atom. The van der Waals surface area contributed by atoms with E-state index in [4.69, 9.17) is 0 Å². The molecule has 0 bridgehead atoms. The second-order valence-corrected chi connectivity index (χ2v) is 18.8. The molecule has 0 spiro atoms. The number of para-hydroxylation sites is 2. The second-order valence-electron chi connectivity index (χ2n) is 18.8. The summed E-state index contributed by atoms with van der Waals surface area (Å²) in [4.78, 5) is 2.50. The van der Waals surface area contributed by atoms with Crippen LogP contribution in [0.3, 0.4) is 0 Å². The van der Waals surface area contributed by atoms with Gasteiger partial charge in [0.05, 0.1) is 22.4 Å². The maximum Gasteiger partial charge on any atom is 0.0547 e. The van der Waals surface area contributed by atoms with E-state index < -0.39 is 0 Å². The zero-order chi connectivity index (χ0) is 47.5. The van der Waals surface area contributed by atoms with Crippen LogP contribution in [0.2, 0.25) is 0 Å². The van der Waals surface area contributed by atoms with Gasteiger partial charge in [-0.05, 0) is 137 Å². The Labute approximate surface area is 418 Å². The normalized spacial score (nSPS) is 11.6. The van der Waals surface area contributed by atoms with Crippen molar-refractivity contribution < 1.29 is 0 Å².